The van der Waals surface area contributed by atoms with Gasteiger partial charge >= 0.3 is 0 Å². The first-order chi connectivity index (χ1) is 10.1. The summed E-state index contributed by atoms with van der Waals surface area (Å²) in [5.41, 5.74) is 11.7. The van der Waals surface area contributed by atoms with Crippen LogP contribution in [0.3, 0.4) is 0 Å². The van der Waals surface area contributed by atoms with Gasteiger partial charge in [0.15, 0.2) is 5.16 Å². The van der Waals surface area contributed by atoms with Gasteiger partial charge in [-0.2, -0.15) is 15.0 Å². The molecule has 0 aliphatic rings. The minimum absolute atomic E-state index is 0.0399. The highest BCUT2D eigenvalue weighted by molar-refractivity contribution is 7.99. The molecule has 0 unspecified atom stereocenters. The van der Waals surface area contributed by atoms with Crippen molar-refractivity contribution >= 4 is 47.0 Å². The molecule has 2 aromatic rings. The molecular weight excluding hydrogens is 308 g/mol. The molecule has 0 spiro atoms. The van der Waals surface area contributed by atoms with Gasteiger partial charge in [-0.15, -0.1) is 11.8 Å². The highest BCUT2D eigenvalue weighted by Gasteiger charge is 2.08. The smallest absolute Gasteiger partial charge is 0.234 e. The molecule has 21 heavy (non-hydrogen) atoms. The van der Waals surface area contributed by atoms with E-state index in [2.05, 4.69) is 20.3 Å². The lowest BCUT2D eigenvalue weighted by Crippen LogP contribution is -2.14. The largest absolute Gasteiger partial charge is 0.368 e. The number of carbonyl (C=O) groups is 1. The van der Waals surface area contributed by atoms with E-state index in [-0.39, 0.29) is 23.6 Å². The van der Waals surface area contributed by atoms with E-state index in [4.69, 9.17) is 11.5 Å². The number of nitrogens with two attached hydrogens (primary N) is 2. The Morgan fingerprint density at radius 2 is 1.95 bits per heavy atom. The molecule has 0 saturated carbocycles. The second-order valence-corrected chi connectivity index (χ2v) is 5.73. The Morgan fingerprint density at radius 3 is 2.62 bits per heavy atom. The summed E-state index contributed by atoms with van der Waals surface area (Å²) in [6.07, 6.45) is 1.98. The predicted molar refractivity (Wildman–Crippen MR) is 86.2 cm³/mol. The number of hydrogen-bond acceptors (Lipinski definition) is 8. The molecule has 0 fully saturated rings. The zero-order chi connectivity index (χ0) is 15.2. The molecule has 1 amide bonds. The molecule has 0 atom stereocenters. The molecule has 9 heteroatoms. The molecule has 0 saturated heterocycles. The normalized spacial score (nSPS) is 10.3. The molecule has 5 N–H and O–H groups in total. The molecule has 1 aromatic heterocycles. The van der Waals surface area contributed by atoms with E-state index in [0.29, 0.717) is 5.16 Å². The topological polar surface area (TPSA) is 120 Å². The second kappa shape index (κ2) is 7.14. The van der Waals surface area contributed by atoms with Crippen molar-refractivity contribution in [3.63, 3.8) is 0 Å². The van der Waals surface area contributed by atoms with Crippen LogP contribution in [0.4, 0.5) is 17.6 Å². The average Bonchev–Trinajstić information content (AvgIpc) is 2.44. The summed E-state index contributed by atoms with van der Waals surface area (Å²) in [7, 11) is 0. The number of nitrogens with one attached hydrogen (secondary N) is 1. The van der Waals surface area contributed by atoms with Gasteiger partial charge in [-0.25, -0.2) is 0 Å². The van der Waals surface area contributed by atoms with E-state index in [9.17, 15) is 4.79 Å². The van der Waals surface area contributed by atoms with E-state index >= 15 is 0 Å². The average molecular weight is 322 g/mol. The summed E-state index contributed by atoms with van der Waals surface area (Å²) in [6, 6.07) is 7.61. The fourth-order valence-electron chi connectivity index (χ4n) is 1.48. The molecule has 1 heterocycles. The predicted octanol–water partition coefficient (Wildman–Crippen LogP) is 1.49. The first-order valence-electron chi connectivity index (χ1n) is 5.90. The number of carbonyl (C=O) groups excluding carboxylic acids is 1. The number of nitrogens with zero attached hydrogens (tertiary/aromatic N) is 3. The fourth-order valence-corrected chi connectivity index (χ4v) is 2.59. The Hall–Kier alpha value is -2.00. The summed E-state index contributed by atoms with van der Waals surface area (Å²) in [5, 5.41) is 3.14. The molecule has 0 bridgehead atoms. The quantitative estimate of drug-likeness (QED) is 0.708. The maximum Gasteiger partial charge on any atom is 0.234 e. The van der Waals surface area contributed by atoms with Crippen LogP contribution in [-0.4, -0.2) is 32.9 Å². The van der Waals surface area contributed by atoms with Gasteiger partial charge in [0, 0.05) is 10.6 Å². The number of rotatable bonds is 5. The van der Waals surface area contributed by atoms with Crippen LogP contribution in [0.1, 0.15) is 0 Å². The Labute approximate surface area is 130 Å². The van der Waals surface area contributed by atoms with Gasteiger partial charge in [-0.3, -0.25) is 4.79 Å². The zero-order valence-corrected chi connectivity index (χ0v) is 12.9. The molecule has 2 rings (SSSR count). The van der Waals surface area contributed by atoms with E-state index in [1.807, 2.05) is 30.5 Å². The van der Waals surface area contributed by atoms with Gasteiger partial charge in [0.1, 0.15) is 0 Å². The summed E-state index contributed by atoms with van der Waals surface area (Å²) in [4.78, 5) is 24.4. The first-order valence-corrected chi connectivity index (χ1v) is 8.11. The van der Waals surface area contributed by atoms with Crippen molar-refractivity contribution < 1.29 is 4.79 Å². The van der Waals surface area contributed by atoms with Crippen molar-refractivity contribution in [2.45, 2.75) is 10.1 Å². The molecule has 0 aliphatic carbocycles. The highest BCUT2D eigenvalue weighted by atomic mass is 32.2. The summed E-state index contributed by atoms with van der Waals surface area (Å²) < 4.78 is 0. The van der Waals surface area contributed by atoms with Gasteiger partial charge in [-0.1, -0.05) is 17.8 Å². The summed E-state index contributed by atoms with van der Waals surface area (Å²) >= 11 is 2.76. The third-order valence-electron chi connectivity index (χ3n) is 2.34. The Morgan fingerprint density at radius 1 is 1.24 bits per heavy atom. The van der Waals surface area contributed by atoms with Crippen LogP contribution in [0.15, 0.2) is 34.3 Å². The Bertz CT molecular complexity index is 631. The number of benzene rings is 1. The van der Waals surface area contributed by atoms with Gasteiger partial charge in [0.2, 0.25) is 17.8 Å². The van der Waals surface area contributed by atoms with E-state index in [1.165, 1.54) is 0 Å². The summed E-state index contributed by atoms with van der Waals surface area (Å²) in [6.45, 7) is 0. The van der Waals surface area contributed by atoms with Gasteiger partial charge in [0.05, 0.1) is 5.75 Å². The van der Waals surface area contributed by atoms with Crippen LogP contribution in [0.5, 0.6) is 0 Å². The van der Waals surface area contributed by atoms with Crippen molar-refractivity contribution in [3.05, 3.63) is 24.3 Å². The number of nitrogen functional groups attached to an aromatic ring is 2. The lowest BCUT2D eigenvalue weighted by molar-refractivity contribution is -0.113. The lowest BCUT2D eigenvalue weighted by Gasteiger charge is -2.06. The standard InChI is InChI=1S/C12H14N6OS2/c1-20-8-4-2-3-7(5-8)15-9(19)6-21-12-17-10(13)16-11(14)18-12/h2-5H,6H2,1H3,(H,15,19)(H4,13,14,16,17,18). The van der Waals surface area contributed by atoms with Crippen molar-refractivity contribution in [1.82, 2.24) is 15.0 Å². The second-order valence-electron chi connectivity index (χ2n) is 3.90. The van der Waals surface area contributed by atoms with E-state index < -0.39 is 0 Å². The molecule has 7 nitrogen and oxygen atoms in total. The highest BCUT2D eigenvalue weighted by Crippen LogP contribution is 2.20. The SMILES string of the molecule is CSc1cccc(NC(=O)CSc2nc(N)nc(N)n2)c1. The molecule has 0 aliphatic heterocycles. The number of anilines is 3. The Balaban J connectivity index is 1.92. The molecule has 1 aromatic carbocycles. The number of amides is 1. The van der Waals surface area contributed by atoms with Crippen LogP contribution in [0.25, 0.3) is 0 Å². The monoisotopic (exact) mass is 322 g/mol. The van der Waals surface area contributed by atoms with Crippen LogP contribution >= 0.6 is 23.5 Å². The first kappa shape index (κ1) is 15.4. The third kappa shape index (κ3) is 4.80. The molecule has 0 radical (unpaired) electrons. The zero-order valence-electron chi connectivity index (χ0n) is 11.2. The van der Waals surface area contributed by atoms with E-state index in [1.54, 1.807) is 11.8 Å². The van der Waals surface area contributed by atoms with Crippen LogP contribution in [0, 0.1) is 0 Å². The van der Waals surface area contributed by atoms with Crippen molar-refractivity contribution in [3.8, 4) is 0 Å². The van der Waals surface area contributed by atoms with Crippen LogP contribution in [-0.2, 0) is 4.79 Å². The van der Waals surface area contributed by atoms with Crippen LogP contribution < -0.4 is 16.8 Å². The maximum atomic E-state index is 11.9. The van der Waals surface area contributed by atoms with Gasteiger partial charge in [-0.05, 0) is 24.5 Å². The van der Waals surface area contributed by atoms with Crippen molar-refractivity contribution in [2.24, 2.45) is 0 Å². The summed E-state index contributed by atoms with van der Waals surface area (Å²) in [5.74, 6) is 0.0822. The van der Waals surface area contributed by atoms with Gasteiger partial charge < -0.3 is 16.8 Å². The van der Waals surface area contributed by atoms with Crippen LogP contribution in [0.2, 0.25) is 0 Å². The maximum absolute atomic E-state index is 11.9. The minimum atomic E-state index is -0.157. The van der Waals surface area contributed by atoms with Gasteiger partial charge in [0.25, 0.3) is 0 Å². The molecular formula is C12H14N6OS2. The van der Waals surface area contributed by atoms with Crippen molar-refractivity contribution in [1.29, 1.82) is 0 Å². The number of aromatic nitrogens is 3. The third-order valence-corrected chi connectivity index (χ3v) is 3.91. The minimum Gasteiger partial charge on any atom is -0.368 e. The number of thioether (sulfide) groups is 2. The fraction of sp³-hybridized carbons (Fsp3) is 0.167. The molecule has 110 valence electrons. The van der Waals surface area contributed by atoms with Crippen molar-refractivity contribution in [2.75, 3.05) is 28.8 Å². The van der Waals surface area contributed by atoms with E-state index in [0.717, 1.165) is 22.3 Å². The number of hydrogen-bond donors (Lipinski definition) is 3. The Kier molecular flexibility index (Phi) is 5.23. The lowest BCUT2D eigenvalue weighted by atomic mass is 10.3.